The largest absolute Gasteiger partial charge is 0.497 e. The fraction of sp³-hybridized carbons (Fsp3) is 0.211. The number of methoxy groups -OCH3 is 1. The number of anilines is 1. The van der Waals surface area contributed by atoms with Crippen molar-refractivity contribution in [2.75, 3.05) is 12.4 Å². The number of hydrogen-bond donors (Lipinski definition) is 3. The van der Waals surface area contributed by atoms with Crippen LogP contribution < -0.4 is 21.1 Å². The molecule has 3 rings (SSSR count). The highest BCUT2D eigenvalue weighted by Gasteiger charge is 2.21. The van der Waals surface area contributed by atoms with Crippen molar-refractivity contribution in [1.82, 2.24) is 25.5 Å². The third-order valence-electron chi connectivity index (χ3n) is 4.08. The fourth-order valence-corrected chi connectivity index (χ4v) is 2.79. The van der Waals surface area contributed by atoms with Crippen molar-refractivity contribution in [2.45, 2.75) is 19.0 Å². The number of primary amides is 1. The average molecular weight is 430 g/mol. The summed E-state index contributed by atoms with van der Waals surface area (Å²) < 4.78 is 5.17. The highest BCUT2D eigenvalue weighted by Crippen LogP contribution is 2.19. The SMILES string of the molecule is COc1ccc(C[C@H](NC(=O)Nc2ccc(Cl)cc2)c2nnn(CC(N)=O)n2)cc1. The van der Waals surface area contributed by atoms with Crippen molar-refractivity contribution in [3.63, 3.8) is 0 Å². The second kappa shape index (κ2) is 9.70. The topological polar surface area (TPSA) is 137 Å². The summed E-state index contributed by atoms with van der Waals surface area (Å²) in [6.07, 6.45) is 0.389. The highest BCUT2D eigenvalue weighted by atomic mass is 35.5. The van der Waals surface area contributed by atoms with E-state index in [4.69, 9.17) is 22.1 Å². The second-order valence-corrected chi connectivity index (χ2v) is 6.79. The molecule has 156 valence electrons. The summed E-state index contributed by atoms with van der Waals surface area (Å²) in [6.45, 7) is -0.209. The predicted molar refractivity (Wildman–Crippen MR) is 110 cm³/mol. The zero-order valence-corrected chi connectivity index (χ0v) is 16.8. The number of urea groups is 1. The van der Waals surface area contributed by atoms with Crippen molar-refractivity contribution in [3.8, 4) is 5.75 Å². The Hall–Kier alpha value is -3.66. The number of hydrogen-bond acceptors (Lipinski definition) is 6. The number of carbonyl (C=O) groups is 2. The van der Waals surface area contributed by atoms with Gasteiger partial charge in [0, 0.05) is 17.1 Å². The van der Waals surface area contributed by atoms with Gasteiger partial charge in [0.1, 0.15) is 12.3 Å². The lowest BCUT2D eigenvalue weighted by Gasteiger charge is -2.16. The molecule has 0 spiro atoms. The van der Waals surface area contributed by atoms with Crippen LogP contribution in [0.3, 0.4) is 0 Å². The fourth-order valence-electron chi connectivity index (χ4n) is 2.66. The van der Waals surface area contributed by atoms with Gasteiger partial charge in [-0.1, -0.05) is 23.7 Å². The Morgan fingerprint density at radius 1 is 1.17 bits per heavy atom. The molecule has 2 aromatic carbocycles. The van der Waals surface area contributed by atoms with E-state index in [1.807, 2.05) is 24.3 Å². The normalized spacial score (nSPS) is 11.5. The van der Waals surface area contributed by atoms with Crippen LogP contribution >= 0.6 is 11.6 Å². The van der Waals surface area contributed by atoms with Crippen LogP contribution in [0, 0.1) is 0 Å². The number of aromatic nitrogens is 4. The Kier molecular flexibility index (Phi) is 6.81. The molecule has 4 N–H and O–H groups in total. The molecule has 11 heteroatoms. The number of nitrogens with two attached hydrogens (primary N) is 1. The monoisotopic (exact) mass is 429 g/mol. The lowest BCUT2D eigenvalue weighted by Crippen LogP contribution is -2.34. The van der Waals surface area contributed by atoms with E-state index < -0.39 is 18.0 Å². The van der Waals surface area contributed by atoms with E-state index in [0.29, 0.717) is 22.9 Å². The van der Waals surface area contributed by atoms with Gasteiger partial charge in [-0.25, -0.2) is 4.79 Å². The zero-order chi connectivity index (χ0) is 21.5. The Balaban J connectivity index is 1.76. The van der Waals surface area contributed by atoms with Crippen LogP contribution in [0.15, 0.2) is 48.5 Å². The van der Waals surface area contributed by atoms with Crippen molar-refractivity contribution in [2.24, 2.45) is 5.73 Å². The number of nitrogens with zero attached hydrogens (tertiary/aromatic N) is 4. The molecule has 1 heterocycles. The van der Waals surface area contributed by atoms with E-state index in [-0.39, 0.29) is 12.4 Å². The van der Waals surface area contributed by atoms with Crippen LogP contribution in [0.25, 0.3) is 0 Å². The smallest absolute Gasteiger partial charge is 0.319 e. The van der Waals surface area contributed by atoms with Gasteiger partial charge < -0.3 is 21.1 Å². The molecule has 0 bridgehead atoms. The molecule has 3 amide bonds. The first-order valence-electron chi connectivity index (χ1n) is 8.95. The number of amides is 3. The minimum Gasteiger partial charge on any atom is -0.497 e. The van der Waals surface area contributed by atoms with Crippen molar-refractivity contribution < 1.29 is 14.3 Å². The first kappa shape index (κ1) is 21.1. The molecule has 0 unspecified atom stereocenters. The summed E-state index contributed by atoms with van der Waals surface area (Å²) in [7, 11) is 1.58. The van der Waals surface area contributed by atoms with Crippen LogP contribution in [0.2, 0.25) is 5.02 Å². The van der Waals surface area contributed by atoms with Gasteiger partial charge >= 0.3 is 6.03 Å². The Labute approximate surface area is 177 Å². The van der Waals surface area contributed by atoms with E-state index >= 15 is 0 Å². The first-order chi connectivity index (χ1) is 14.4. The number of tetrazole rings is 1. The van der Waals surface area contributed by atoms with Gasteiger partial charge in [-0.3, -0.25) is 4.79 Å². The van der Waals surface area contributed by atoms with Gasteiger partial charge in [-0.2, -0.15) is 4.80 Å². The molecule has 0 saturated carbocycles. The van der Waals surface area contributed by atoms with Crippen molar-refractivity contribution in [1.29, 1.82) is 0 Å². The molecule has 0 aliphatic carbocycles. The maximum absolute atomic E-state index is 12.5. The first-order valence-corrected chi connectivity index (χ1v) is 9.33. The lowest BCUT2D eigenvalue weighted by atomic mass is 10.1. The summed E-state index contributed by atoms with van der Waals surface area (Å²) >= 11 is 5.87. The van der Waals surface area contributed by atoms with Crippen molar-refractivity contribution >= 4 is 29.2 Å². The molecule has 0 fully saturated rings. The molecule has 1 atom stereocenters. The Morgan fingerprint density at radius 3 is 2.50 bits per heavy atom. The van der Waals surface area contributed by atoms with Crippen LogP contribution in [-0.2, 0) is 17.8 Å². The number of halogens is 1. The quantitative estimate of drug-likeness (QED) is 0.500. The van der Waals surface area contributed by atoms with Crippen molar-refractivity contribution in [3.05, 3.63) is 64.9 Å². The molecular formula is C19H20ClN7O3. The highest BCUT2D eigenvalue weighted by molar-refractivity contribution is 6.30. The van der Waals surface area contributed by atoms with E-state index in [1.165, 1.54) is 0 Å². The molecule has 0 aliphatic heterocycles. The van der Waals surface area contributed by atoms with Gasteiger partial charge in [-0.05, 0) is 47.2 Å². The van der Waals surface area contributed by atoms with Crippen LogP contribution in [0.5, 0.6) is 5.75 Å². The van der Waals surface area contributed by atoms with E-state index in [2.05, 4.69) is 26.0 Å². The van der Waals surface area contributed by atoms with Crippen LogP contribution in [-0.4, -0.2) is 39.3 Å². The number of carbonyl (C=O) groups excluding carboxylic acids is 2. The Morgan fingerprint density at radius 2 is 1.87 bits per heavy atom. The molecule has 1 aromatic heterocycles. The van der Waals surface area contributed by atoms with Crippen LogP contribution in [0.1, 0.15) is 17.4 Å². The maximum Gasteiger partial charge on any atom is 0.319 e. The minimum atomic E-state index is -0.604. The van der Waals surface area contributed by atoms with Gasteiger partial charge in [0.25, 0.3) is 0 Å². The minimum absolute atomic E-state index is 0.209. The van der Waals surface area contributed by atoms with Crippen LogP contribution in [0.4, 0.5) is 10.5 Å². The van der Waals surface area contributed by atoms with E-state index in [1.54, 1.807) is 31.4 Å². The summed E-state index contributed by atoms with van der Waals surface area (Å²) in [5, 5.41) is 18.1. The number of nitrogens with one attached hydrogen (secondary N) is 2. The molecule has 30 heavy (non-hydrogen) atoms. The van der Waals surface area contributed by atoms with Gasteiger partial charge in [0.2, 0.25) is 5.91 Å². The number of ether oxygens (including phenoxy) is 1. The second-order valence-electron chi connectivity index (χ2n) is 6.35. The summed E-state index contributed by atoms with van der Waals surface area (Å²) in [5.41, 5.74) is 6.66. The van der Waals surface area contributed by atoms with Gasteiger partial charge in [-0.15, -0.1) is 10.2 Å². The third kappa shape index (κ3) is 5.92. The van der Waals surface area contributed by atoms with Gasteiger partial charge in [0.15, 0.2) is 5.82 Å². The third-order valence-corrected chi connectivity index (χ3v) is 4.34. The predicted octanol–water partition coefficient (Wildman–Crippen LogP) is 1.93. The summed E-state index contributed by atoms with van der Waals surface area (Å²) in [5.74, 6) is 0.367. The number of rotatable bonds is 8. The molecule has 10 nitrogen and oxygen atoms in total. The Bertz CT molecular complexity index is 1010. The molecular weight excluding hydrogens is 410 g/mol. The molecule has 0 radical (unpaired) electrons. The summed E-state index contributed by atoms with van der Waals surface area (Å²) in [4.78, 5) is 24.7. The van der Waals surface area contributed by atoms with E-state index in [0.717, 1.165) is 10.4 Å². The summed E-state index contributed by atoms with van der Waals surface area (Å²) in [6, 6.07) is 13.0. The molecule has 0 aliphatic rings. The molecule has 0 saturated heterocycles. The maximum atomic E-state index is 12.5. The van der Waals surface area contributed by atoms with E-state index in [9.17, 15) is 9.59 Å². The average Bonchev–Trinajstić information content (AvgIpc) is 3.17. The van der Waals surface area contributed by atoms with Gasteiger partial charge in [0.05, 0.1) is 13.2 Å². The molecule has 3 aromatic rings. The zero-order valence-electron chi connectivity index (χ0n) is 16.1. The lowest BCUT2D eigenvalue weighted by molar-refractivity contribution is -0.119. The number of benzene rings is 2. The standard InChI is InChI=1S/C19H20ClN7O3/c1-30-15-8-2-12(3-9-15)10-16(18-24-26-27(25-18)11-17(21)28)23-19(29)22-14-6-4-13(20)5-7-14/h2-9,16H,10-11H2,1H3,(H2,21,28)(H2,22,23,29)/t16-/m0/s1.